The molecule has 2 saturated heterocycles. The number of carbonyl (C=O) groups is 1. The summed E-state index contributed by atoms with van der Waals surface area (Å²) in [5.74, 6) is -0.0921. The van der Waals surface area contributed by atoms with Crippen LogP contribution in [-0.2, 0) is 14.8 Å². The third-order valence-corrected chi connectivity index (χ3v) is 7.99. The van der Waals surface area contributed by atoms with E-state index in [1.807, 2.05) is 24.3 Å². The average molecular weight is 474 g/mol. The van der Waals surface area contributed by atoms with Gasteiger partial charge >= 0.3 is 0 Å². The maximum atomic E-state index is 13.2. The van der Waals surface area contributed by atoms with Gasteiger partial charge < -0.3 is 19.7 Å². The van der Waals surface area contributed by atoms with Crippen molar-refractivity contribution in [2.45, 2.75) is 30.6 Å². The van der Waals surface area contributed by atoms with Crippen molar-refractivity contribution < 1.29 is 22.7 Å². The van der Waals surface area contributed by atoms with Gasteiger partial charge in [-0.05, 0) is 49.2 Å². The van der Waals surface area contributed by atoms with E-state index >= 15 is 0 Å². The molecule has 2 aromatic rings. The van der Waals surface area contributed by atoms with Gasteiger partial charge in [-0.1, -0.05) is 18.9 Å². The standard InChI is InChI=1S/C24H31N3O5S/c1-31-23-10-9-21(33(29,30)27-11-4-2-3-5-12-27)18-22(23)24(28)25-19-7-6-8-20(17-19)26-13-15-32-16-14-26/h6-10,17-18H,2-5,11-16H2,1H3,(H,25,28). The van der Waals surface area contributed by atoms with Crippen LogP contribution in [0.1, 0.15) is 36.0 Å². The number of nitrogens with one attached hydrogen (secondary N) is 1. The number of anilines is 2. The lowest BCUT2D eigenvalue weighted by molar-refractivity contribution is 0.102. The molecule has 2 aliphatic heterocycles. The molecule has 0 spiro atoms. The molecule has 8 nitrogen and oxygen atoms in total. The number of rotatable bonds is 6. The Hall–Kier alpha value is -2.62. The molecule has 9 heteroatoms. The highest BCUT2D eigenvalue weighted by Crippen LogP contribution is 2.28. The van der Waals surface area contributed by atoms with Crippen LogP contribution in [0.5, 0.6) is 5.75 Å². The van der Waals surface area contributed by atoms with Crippen LogP contribution in [-0.4, -0.2) is 65.1 Å². The Morgan fingerprint density at radius 1 is 0.970 bits per heavy atom. The zero-order chi connectivity index (χ0) is 23.3. The van der Waals surface area contributed by atoms with Crippen LogP contribution < -0.4 is 15.0 Å². The number of ether oxygens (including phenoxy) is 2. The van der Waals surface area contributed by atoms with Gasteiger partial charge in [0.25, 0.3) is 5.91 Å². The molecule has 0 aromatic heterocycles. The highest BCUT2D eigenvalue weighted by Gasteiger charge is 2.27. The lowest BCUT2D eigenvalue weighted by Crippen LogP contribution is -2.36. The molecule has 0 saturated carbocycles. The fourth-order valence-corrected chi connectivity index (χ4v) is 5.80. The summed E-state index contributed by atoms with van der Waals surface area (Å²) in [6.45, 7) is 3.94. The van der Waals surface area contributed by atoms with Gasteiger partial charge in [0.15, 0.2) is 0 Å². The summed E-state index contributed by atoms with van der Waals surface area (Å²) in [6.07, 6.45) is 3.77. The minimum absolute atomic E-state index is 0.109. The summed E-state index contributed by atoms with van der Waals surface area (Å²) in [4.78, 5) is 15.5. The molecule has 1 N–H and O–H groups in total. The molecule has 33 heavy (non-hydrogen) atoms. The summed E-state index contributed by atoms with van der Waals surface area (Å²) in [6, 6.07) is 12.1. The first-order chi connectivity index (χ1) is 16.0. The number of morpholine rings is 1. The molecular weight excluding hydrogens is 442 g/mol. The Bertz CT molecular complexity index is 1080. The fraction of sp³-hybridized carbons (Fsp3) is 0.458. The summed E-state index contributed by atoms with van der Waals surface area (Å²) < 4.78 is 38.8. The van der Waals surface area contributed by atoms with Crippen LogP contribution in [0.15, 0.2) is 47.4 Å². The SMILES string of the molecule is COc1ccc(S(=O)(=O)N2CCCCCC2)cc1C(=O)Nc1cccc(N2CCOCC2)c1. The number of hydrogen-bond donors (Lipinski definition) is 1. The van der Waals surface area contributed by atoms with E-state index in [-0.39, 0.29) is 10.5 Å². The summed E-state index contributed by atoms with van der Waals surface area (Å²) in [5.41, 5.74) is 1.82. The number of benzene rings is 2. The summed E-state index contributed by atoms with van der Waals surface area (Å²) in [7, 11) is -2.21. The Morgan fingerprint density at radius 2 is 1.70 bits per heavy atom. The minimum atomic E-state index is -3.68. The maximum absolute atomic E-state index is 13.2. The summed E-state index contributed by atoms with van der Waals surface area (Å²) >= 11 is 0. The Labute approximate surface area is 195 Å². The van der Waals surface area contributed by atoms with Crippen LogP contribution in [0.25, 0.3) is 0 Å². The van der Waals surface area contributed by atoms with E-state index in [2.05, 4.69) is 10.2 Å². The monoisotopic (exact) mass is 473 g/mol. The molecule has 0 bridgehead atoms. The quantitative estimate of drug-likeness (QED) is 0.692. The van der Waals surface area contributed by atoms with E-state index < -0.39 is 15.9 Å². The normalized spacial score (nSPS) is 17.9. The first-order valence-electron chi connectivity index (χ1n) is 11.4. The second-order valence-corrected chi connectivity index (χ2v) is 10.2. The molecule has 0 unspecified atom stereocenters. The number of sulfonamides is 1. The predicted molar refractivity (Wildman–Crippen MR) is 128 cm³/mol. The van der Waals surface area contributed by atoms with Gasteiger partial charge in [-0.15, -0.1) is 0 Å². The smallest absolute Gasteiger partial charge is 0.259 e. The van der Waals surface area contributed by atoms with Crippen LogP contribution in [0.2, 0.25) is 0 Å². The van der Waals surface area contributed by atoms with E-state index in [4.69, 9.17) is 9.47 Å². The topological polar surface area (TPSA) is 88.2 Å². The first-order valence-corrected chi connectivity index (χ1v) is 12.9. The molecule has 178 valence electrons. The molecular formula is C24H31N3O5S. The van der Waals surface area contributed by atoms with Crippen molar-refractivity contribution in [3.05, 3.63) is 48.0 Å². The lowest BCUT2D eigenvalue weighted by atomic mass is 10.1. The van der Waals surface area contributed by atoms with Crippen LogP contribution in [0, 0.1) is 0 Å². The molecule has 0 atom stereocenters. The third-order valence-electron chi connectivity index (χ3n) is 6.10. The van der Waals surface area contributed by atoms with Crippen molar-refractivity contribution in [2.24, 2.45) is 0 Å². The van der Waals surface area contributed by atoms with Gasteiger partial charge in [-0.2, -0.15) is 4.31 Å². The molecule has 2 aromatic carbocycles. The number of amides is 1. The van der Waals surface area contributed by atoms with Gasteiger partial charge in [-0.3, -0.25) is 4.79 Å². The van der Waals surface area contributed by atoms with Crippen molar-refractivity contribution in [2.75, 3.05) is 56.7 Å². The number of methoxy groups -OCH3 is 1. The predicted octanol–water partition coefficient (Wildman–Crippen LogP) is 3.35. The first kappa shape index (κ1) is 23.5. The van der Waals surface area contributed by atoms with E-state index in [1.165, 1.54) is 23.5 Å². The number of nitrogens with zero attached hydrogens (tertiary/aromatic N) is 2. The van der Waals surface area contributed by atoms with Gasteiger partial charge in [0.05, 0.1) is 30.8 Å². The Morgan fingerprint density at radius 3 is 2.39 bits per heavy atom. The molecule has 0 aliphatic carbocycles. The average Bonchev–Trinajstić information content (AvgIpc) is 3.15. The molecule has 2 heterocycles. The van der Waals surface area contributed by atoms with Gasteiger partial charge in [-0.25, -0.2) is 8.42 Å². The van der Waals surface area contributed by atoms with Crippen molar-refractivity contribution >= 4 is 27.3 Å². The number of carbonyl (C=O) groups excluding carboxylic acids is 1. The molecule has 0 radical (unpaired) electrons. The van der Waals surface area contributed by atoms with Gasteiger partial charge in [0.1, 0.15) is 5.75 Å². The highest BCUT2D eigenvalue weighted by molar-refractivity contribution is 7.89. The fourth-order valence-electron chi connectivity index (χ4n) is 4.26. The molecule has 2 fully saturated rings. The number of hydrogen-bond acceptors (Lipinski definition) is 6. The minimum Gasteiger partial charge on any atom is -0.496 e. The van der Waals surface area contributed by atoms with E-state index in [0.717, 1.165) is 44.5 Å². The van der Waals surface area contributed by atoms with Crippen molar-refractivity contribution in [3.8, 4) is 5.75 Å². The maximum Gasteiger partial charge on any atom is 0.259 e. The van der Waals surface area contributed by atoms with Gasteiger partial charge in [0, 0.05) is 37.6 Å². The van der Waals surface area contributed by atoms with Crippen LogP contribution in [0.4, 0.5) is 11.4 Å². The largest absolute Gasteiger partial charge is 0.496 e. The second kappa shape index (κ2) is 10.5. The molecule has 1 amide bonds. The van der Waals surface area contributed by atoms with Crippen molar-refractivity contribution in [1.29, 1.82) is 0 Å². The Kier molecular flexibility index (Phi) is 7.52. The van der Waals surface area contributed by atoms with Crippen molar-refractivity contribution in [1.82, 2.24) is 4.31 Å². The van der Waals surface area contributed by atoms with Crippen LogP contribution >= 0.6 is 0 Å². The molecule has 2 aliphatic rings. The second-order valence-electron chi connectivity index (χ2n) is 8.28. The lowest BCUT2D eigenvalue weighted by Gasteiger charge is -2.29. The van der Waals surface area contributed by atoms with Crippen molar-refractivity contribution in [3.63, 3.8) is 0 Å². The van der Waals surface area contributed by atoms with E-state index in [9.17, 15) is 13.2 Å². The Balaban J connectivity index is 1.57. The molecule has 4 rings (SSSR count). The zero-order valence-corrected chi connectivity index (χ0v) is 19.8. The van der Waals surface area contributed by atoms with Gasteiger partial charge in [0.2, 0.25) is 10.0 Å². The highest BCUT2D eigenvalue weighted by atomic mass is 32.2. The zero-order valence-electron chi connectivity index (χ0n) is 19.0. The van der Waals surface area contributed by atoms with E-state index in [0.29, 0.717) is 37.7 Å². The third kappa shape index (κ3) is 5.48. The summed E-state index contributed by atoms with van der Waals surface area (Å²) in [5, 5.41) is 2.90. The van der Waals surface area contributed by atoms with E-state index in [1.54, 1.807) is 6.07 Å². The van der Waals surface area contributed by atoms with Crippen LogP contribution in [0.3, 0.4) is 0 Å².